The molecule has 1 aliphatic rings. The van der Waals surface area contributed by atoms with Gasteiger partial charge in [0, 0.05) is 11.6 Å². The predicted molar refractivity (Wildman–Crippen MR) is 129 cm³/mol. The fraction of sp³-hybridized carbons (Fsp3) is 0.222. The van der Waals surface area contributed by atoms with Crippen LogP contribution in [0.3, 0.4) is 0 Å². The number of aliphatic hydroxyl groups is 1. The highest BCUT2D eigenvalue weighted by molar-refractivity contribution is 6.51. The predicted octanol–water partition coefficient (Wildman–Crippen LogP) is 5.30. The lowest BCUT2D eigenvalue weighted by molar-refractivity contribution is -0.132. The van der Waals surface area contributed by atoms with Gasteiger partial charge in [0.05, 0.1) is 11.6 Å². The normalized spacial score (nSPS) is 17.4. The standard InChI is InChI=1S/C27H26N2O5/c1-5-14-33-21-12-10-20(11-13-21)25(30)23-24(19-8-6-18(7-9-19)16(2)3)29(27(32)26(23)31)22-15-17(4)34-28-22/h5-13,15-16,24,30H,1,14H2,2-4H3/b25-23+. The zero-order valence-electron chi connectivity index (χ0n) is 19.3. The number of rotatable bonds is 7. The van der Waals surface area contributed by atoms with Crippen molar-refractivity contribution in [2.45, 2.75) is 32.7 Å². The number of Topliss-reactive ketones (excluding diaryl/α,β-unsaturated/α-hetero) is 1. The summed E-state index contributed by atoms with van der Waals surface area (Å²) in [5.41, 5.74) is 2.18. The van der Waals surface area contributed by atoms with Gasteiger partial charge in [-0.3, -0.25) is 14.5 Å². The topological polar surface area (TPSA) is 92.9 Å². The summed E-state index contributed by atoms with van der Waals surface area (Å²) in [7, 11) is 0. The second-order valence-electron chi connectivity index (χ2n) is 8.41. The Balaban J connectivity index is 1.83. The zero-order valence-corrected chi connectivity index (χ0v) is 19.3. The highest BCUT2D eigenvalue weighted by atomic mass is 16.5. The molecule has 0 saturated carbocycles. The van der Waals surface area contributed by atoms with Gasteiger partial charge in [-0.25, -0.2) is 0 Å². The van der Waals surface area contributed by atoms with Crippen LogP contribution in [0, 0.1) is 6.92 Å². The summed E-state index contributed by atoms with van der Waals surface area (Å²) >= 11 is 0. The summed E-state index contributed by atoms with van der Waals surface area (Å²) in [5, 5.41) is 15.2. The maximum absolute atomic E-state index is 13.2. The maximum Gasteiger partial charge on any atom is 0.301 e. The summed E-state index contributed by atoms with van der Waals surface area (Å²) in [6.07, 6.45) is 1.63. The molecule has 0 bridgehead atoms. The van der Waals surface area contributed by atoms with Crippen molar-refractivity contribution in [1.29, 1.82) is 0 Å². The van der Waals surface area contributed by atoms with Crippen LogP contribution < -0.4 is 9.64 Å². The summed E-state index contributed by atoms with van der Waals surface area (Å²) in [6.45, 7) is 9.84. The number of hydrogen-bond donors (Lipinski definition) is 1. The van der Waals surface area contributed by atoms with Crippen molar-refractivity contribution in [2.24, 2.45) is 0 Å². The number of aromatic nitrogens is 1. The Morgan fingerprint density at radius 3 is 2.41 bits per heavy atom. The molecule has 0 radical (unpaired) electrons. The van der Waals surface area contributed by atoms with E-state index in [0.29, 0.717) is 35.2 Å². The van der Waals surface area contributed by atoms with Gasteiger partial charge in [0.15, 0.2) is 5.82 Å². The lowest BCUT2D eigenvalue weighted by Crippen LogP contribution is -2.29. The van der Waals surface area contributed by atoms with Crippen LogP contribution in [0.1, 0.15) is 48.3 Å². The summed E-state index contributed by atoms with van der Waals surface area (Å²) in [5.74, 6) is -0.210. The van der Waals surface area contributed by atoms with Gasteiger partial charge in [-0.1, -0.05) is 55.9 Å². The van der Waals surface area contributed by atoms with E-state index in [1.54, 1.807) is 43.3 Å². The van der Waals surface area contributed by atoms with Crippen LogP contribution in [0.5, 0.6) is 5.75 Å². The quantitative estimate of drug-likeness (QED) is 0.224. The maximum atomic E-state index is 13.2. The van der Waals surface area contributed by atoms with Crippen LogP contribution in [0.25, 0.3) is 5.76 Å². The van der Waals surface area contributed by atoms with Crippen molar-refractivity contribution in [3.8, 4) is 5.75 Å². The first-order valence-corrected chi connectivity index (χ1v) is 11.0. The molecule has 2 aromatic carbocycles. The molecule has 1 unspecified atom stereocenters. The molecule has 1 atom stereocenters. The molecule has 2 heterocycles. The van der Waals surface area contributed by atoms with Gasteiger partial charge in [-0.2, -0.15) is 0 Å². The number of aliphatic hydroxyl groups excluding tert-OH is 1. The summed E-state index contributed by atoms with van der Waals surface area (Å²) in [4.78, 5) is 27.6. The number of benzene rings is 2. The van der Waals surface area contributed by atoms with E-state index in [-0.39, 0.29) is 17.2 Å². The monoisotopic (exact) mass is 458 g/mol. The minimum Gasteiger partial charge on any atom is -0.507 e. The van der Waals surface area contributed by atoms with Gasteiger partial charge in [0.1, 0.15) is 23.9 Å². The molecule has 34 heavy (non-hydrogen) atoms. The minimum atomic E-state index is -0.859. The van der Waals surface area contributed by atoms with Crippen LogP contribution in [0.2, 0.25) is 0 Å². The van der Waals surface area contributed by atoms with Gasteiger partial charge in [-0.15, -0.1) is 0 Å². The molecule has 0 spiro atoms. The molecule has 3 aromatic rings. The first kappa shape index (κ1) is 23.0. The van der Waals surface area contributed by atoms with E-state index >= 15 is 0 Å². The molecule has 1 saturated heterocycles. The van der Waals surface area contributed by atoms with Crippen molar-refractivity contribution in [2.75, 3.05) is 11.5 Å². The third-order valence-corrected chi connectivity index (χ3v) is 5.72. The average molecular weight is 459 g/mol. The van der Waals surface area contributed by atoms with E-state index in [0.717, 1.165) is 5.56 Å². The lowest BCUT2D eigenvalue weighted by atomic mass is 9.93. The second-order valence-corrected chi connectivity index (χ2v) is 8.41. The van der Waals surface area contributed by atoms with E-state index in [1.165, 1.54) is 4.90 Å². The number of aryl methyl sites for hydroxylation is 1. The first-order valence-electron chi connectivity index (χ1n) is 11.0. The van der Waals surface area contributed by atoms with Gasteiger partial charge in [0.25, 0.3) is 5.78 Å². The third-order valence-electron chi connectivity index (χ3n) is 5.72. The van der Waals surface area contributed by atoms with Gasteiger partial charge in [0.2, 0.25) is 0 Å². The van der Waals surface area contributed by atoms with Gasteiger partial charge >= 0.3 is 5.91 Å². The Labute approximate surface area is 197 Å². The molecule has 1 N–H and O–H groups in total. The fourth-order valence-corrected chi connectivity index (χ4v) is 3.93. The van der Waals surface area contributed by atoms with Crippen LogP contribution in [0.15, 0.2) is 77.3 Å². The first-order chi connectivity index (χ1) is 16.3. The van der Waals surface area contributed by atoms with Gasteiger partial charge < -0.3 is 14.4 Å². The Morgan fingerprint density at radius 1 is 1.18 bits per heavy atom. The zero-order chi connectivity index (χ0) is 24.4. The Bertz CT molecular complexity index is 1250. The molecule has 7 heteroatoms. The third kappa shape index (κ3) is 4.24. The molecule has 1 aliphatic heterocycles. The Hall–Kier alpha value is -4.13. The molecule has 1 amide bonds. The van der Waals surface area contributed by atoms with Crippen LogP contribution in [-0.2, 0) is 9.59 Å². The molecular formula is C27H26N2O5. The Morgan fingerprint density at radius 2 is 1.85 bits per heavy atom. The smallest absolute Gasteiger partial charge is 0.301 e. The number of carbonyl (C=O) groups excluding carboxylic acids is 2. The summed E-state index contributed by atoms with van der Waals surface area (Å²) < 4.78 is 10.7. The average Bonchev–Trinajstić information content (AvgIpc) is 3.38. The van der Waals surface area contributed by atoms with Crippen molar-refractivity contribution >= 4 is 23.3 Å². The SMILES string of the molecule is C=CCOc1ccc(/C(O)=C2\C(=O)C(=O)N(c3cc(C)on3)C2c2ccc(C(C)C)cc2)cc1. The molecule has 4 rings (SSSR count). The van der Waals surface area contributed by atoms with Crippen molar-refractivity contribution < 1.29 is 24.0 Å². The summed E-state index contributed by atoms with van der Waals surface area (Å²) in [6, 6.07) is 15.0. The van der Waals surface area contributed by atoms with Crippen molar-refractivity contribution in [1.82, 2.24) is 5.16 Å². The fourth-order valence-electron chi connectivity index (χ4n) is 3.93. The highest BCUT2D eigenvalue weighted by Gasteiger charge is 2.48. The number of amides is 1. The molecular weight excluding hydrogens is 432 g/mol. The number of ketones is 1. The molecule has 7 nitrogen and oxygen atoms in total. The van der Waals surface area contributed by atoms with Crippen LogP contribution >= 0.6 is 0 Å². The Kier molecular flexibility index (Phi) is 6.36. The van der Waals surface area contributed by atoms with Crippen LogP contribution in [0.4, 0.5) is 5.82 Å². The highest BCUT2D eigenvalue weighted by Crippen LogP contribution is 2.42. The van der Waals surface area contributed by atoms with E-state index < -0.39 is 17.7 Å². The van der Waals surface area contributed by atoms with Gasteiger partial charge in [-0.05, 0) is 48.2 Å². The van der Waals surface area contributed by atoms with Crippen molar-refractivity contribution in [3.05, 3.63) is 95.3 Å². The van der Waals surface area contributed by atoms with E-state index in [1.807, 2.05) is 24.3 Å². The number of ether oxygens (including phenoxy) is 1. The molecule has 0 aliphatic carbocycles. The van der Waals surface area contributed by atoms with E-state index in [4.69, 9.17) is 9.26 Å². The van der Waals surface area contributed by atoms with Crippen LogP contribution in [-0.4, -0.2) is 28.6 Å². The number of anilines is 1. The molecule has 174 valence electrons. The lowest BCUT2D eigenvalue weighted by Gasteiger charge is -2.23. The molecule has 1 aromatic heterocycles. The number of nitrogens with zero attached hydrogens (tertiary/aromatic N) is 2. The number of carbonyl (C=O) groups is 2. The minimum absolute atomic E-state index is 0.0114. The van der Waals surface area contributed by atoms with E-state index in [9.17, 15) is 14.7 Å². The molecule has 1 fully saturated rings. The van der Waals surface area contributed by atoms with E-state index in [2.05, 4.69) is 25.6 Å². The largest absolute Gasteiger partial charge is 0.507 e. The van der Waals surface area contributed by atoms with Crippen molar-refractivity contribution in [3.63, 3.8) is 0 Å². The number of hydrogen-bond acceptors (Lipinski definition) is 6. The second kappa shape index (κ2) is 9.39.